The number of ketones is 1. The summed E-state index contributed by atoms with van der Waals surface area (Å²) in [6.07, 6.45) is 4.04. The number of nitrogens with one attached hydrogen (secondary N) is 1. The first kappa shape index (κ1) is 29.8. The second kappa shape index (κ2) is 13.9. The van der Waals surface area contributed by atoms with Gasteiger partial charge in [-0.1, -0.05) is 27.7 Å². The lowest BCUT2D eigenvalue weighted by Gasteiger charge is -2.30. The third-order valence-corrected chi connectivity index (χ3v) is 7.54. The molecule has 0 radical (unpaired) electrons. The number of fused-ring (bicyclic) bond motifs is 3. The van der Waals surface area contributed by atoms with Gasteiger partial charge >= 0.3 is 5.97 Å². The van der Waals surface area contributed by atoms with Gasteiger partial charge in [0.25, 0.3) is 5.91 Å². The second-order valence-corrected chi connectivity index (χ2v) is 11.4. The number of cyclic esters (lactones) is 1. The van der Waals surface area contributed by atoms with Gasteiger partial charge in [0.1, 0.15) is 24.2 Å². The van der Waals surface area contributed by atoms with Crippen LogP contribution in [-0.2, 0) is 25.5 Å². The number of carbonyl (C=O) groups excluding carboxylic acids is 4. The van der Waals surface area contributed by atoms with Gasteiger partial charge in [-0.15, -0.1) is 0 Å². The lowest BCUT2D eigenvalue weighted by Crippen LogP contribution is -2.44. The maximum Gasteiger partial charge on any atom is 0.329 e. The first-order valence-electron chi connectivity index (χ1n) is 14.0. The average molecular weight is 534 g/mol. The standard InChI is InChI=1S/C28H43N3O7/c1-17(2)26-19(4)9-10-24(34)29-11-5-7-18(3)13-20(32)14-21(33)15-25-30-22(16-37-25)27(35)31-12-6-8-23(31)28(36)38-26/h16-20,23,26,32H,5-15H2,1-4H3,(H,29,34)/t18-,19+,20+,23+,26+/m0/s1. The van der Waals surface area contributed by atoms with Crippen molar-refractivity contribution in [3.05, 3.63) is 17.8 Å². The van der Waals surface area contributed by atoms with Crippen molar-refractivity contribution in [3.63, 3.8) is 0 Å². The van der Waals surface area contributed by atoms with Crippen LogP contribution in [0.5, 0.6) is 0 Å². The molecule has 2 N–H and O–H groups in total. The number of aliphatic hydroxyl groups is 1. The molecule has 2 amide bonds. The van der Waals surface area contributed by atoms with Gasteiger partial charge in [-0.25, -0.2) is 9.78 Å². The Morgan fingerprint density at radius 3 is 2.61 bits per heavy atom. The van der Waals surface area contributed by atoms with Crippen LogP contribution in [0.15, 0.2) is 10.7 Å². The van der Waals surface area contributed by atoms with Crippen molar-refractivity contribution in [2.75, 3.05) is 13.1 Å². The van der Waals surface area contributed by atoms with Crippen LogP contribution in [0.1, 0.15) is 95.4 Å². The fourth-order valence-electron chi connectivity index (χ4n) is 5.47. The minimum absolute atomic E-state index is 0.0258. The van der Waals surface area contributed by atoms with Crippen molar-refractivity contribution >= 4 is 23.6 Å². The van der Waals surface area contributed by atoms with Crippen molar-refractivity contribution in [3.8, 4) is 0 Å². The predicted molar refractivity (Wildman–Crippen MR) is 139 cm³/mol. The number of Topliss-reactive ketones (excluding diaryl/α,β-unsaturated/α-hetero) is 1. The average Bonchev–Trinajstić information content (AvgIpc) is 3.52. The summed E-state index contributed by atoms with van der Waals surface area (Å²) in [5, 5.41) is 13.3. The minimum atomic E-state index is -0.781. The summed E-state index contributed by atoms with van der Waals surface area (Å²) in [7, 11) is 0. The molecule has 1 aromatic heterocycles. The molecular weight excluding hydrogens is 490 g/mol. The topological polar surface area (TPSA) is 139 Å². The molecule has 2 aliphatic rings. The highest BCUT2D eigenvalue weighted by molar-refractivity contribution is 5.95. The zero-order valence-corrected chi connectivity index (χ0v) is 23.1. The smallest absolute Gasteiger partial charge is 0.329 e. The van der Waals surface area contributed by atoms with E-state index in [4.69, 9.17) is 9.15 Å². The SMILES string of the molecule is CC(C)[C@H]1OC(=O)[C@H]2CCCN2C(=O)c2coc(n2)CC(=O)C[C@H](O)C[C@@H](C)CCCNC(=O)CC[C@H]1C. The number of ether oxygens (including phenoxy) is 1. The second-order valence-electron chi connectivity index (χ2n) is 11.4. The zero-order valence-electron chi connectivity index (χ0n) is 23.1. The molecule has 3 rings (SSSR count). The van der Waals surface area contributed by atoms with Gasteiger partial charge in [-0.2, -0.15) is 0 Å². The molecule has 5 atom stereocenters. The van der Waals surface area contributed by atoms with Gasteiger partial charge in [0.15, 0.2) is 5.69 Å². The van der Waals surface area contributed by atoms with Gasteiger partial charge in [0, 0.05) is 25.9 Å². The highest BCUT2D eigenvalue weighted by Gasteiger charge is 2.39. The Labute approximate surface area is 224 Å². The molecular formula is C28H43N3O7. The van der Waals surface area contributed by atoms with Gasteiger partial charge in [-0.05, 0) is 56.3 Å². The van der Waals surface area contributed by atoms with Crippen molar-refractivity contribution in [1.29, 1.82) is 0 Å². The number of oxazole rings is 1. The van der Waals surface area contributed by atoms with E-state index >= 15 is 0 Å². The van der Waals surface area contributed by atoms with Gasteiger partial charge in [-0.3, -0.25) is 14.4 Å². The minimum Gasteiger partial charge on any atom is -0.460 e. The maximum atomic E-state index is 13.2. The monoisotopic (exact) mass is 533 g/mol. The summed E-state index contributed by atoms with van der Waals surface area (Å²) in [6.45, 7) is 8.91. The number of rotatable bonds is 1. The van der Waals surface area contributed by atoms with Crippen LogP contribution < -0.4 is 5.32 Å². The molecule has 3 heterocycles. The van der Waals surface area contributed by atoms with E-state index in [0.717, 1.165) is 12.8 Å². The van der Waals surface area contributed by atoms with Crippen molar-refractivity contribution in [2.45, 2.75) is 104 Å². The molecule has 0 aliphatic carbocycles. The van der Waals surface area contributed by atoms with Crippen LogP contribution in [0, 0.1) is 17.8 Å². The quantitative estimate of drug-likeness (QED) is 0.525. The number of hydrogen-bond acceptors (Lipinski definition) is 8. The molecule has 0 aromatic carbocycles. The van der Waals surface area contributed by atoms with Gasteiger partial charge in [0.05, 0.1) is 12.5 Å². The normalized spacial score (nSPS) is 29.6. The van der Waals surface area contributed by atoms with E-state index in [2.05, 4.69) is 10.3 Å². The molecule has 2 bridgehead atoms. The molecule has 10 nitrogen and oxygen atoms in total. The Morgan fingerprint density at radius 2 is 1.87 bits per heavy atom. The molecule has 2 aliphatic heterocycles. The van der Waals surface area contributed by atoms with E-state index in [1.54, 1.807) is 0 Å². The molecule has 1 aromatic rings. The summed E-state index contributed by atoms with van der Waals surface area (Å²) >= 11 is 0. The van der Waals surface area contributed by atoms with Crippen LogP contribution in [0.3, 0.4) is 0 Å². The number of aromatic nitrogens is 1. The molecule has 0 saturated carbocycles. The Balaban J connectivity index is 1.76. The van der Waals surface area contributed by atoms with Crippen LogP contribution in [0.4, 0.5) is 0 Å². The molecule has 0 spiro atoms. The van der Waals surface area contributed by atoms with Gasteiger partial charge in [0.2, 0.25) is 11.8 Å². The highest BCUT2D eigenvalue weighted by Crippen LogP contribution is 2.26. The van der Waals surface area contributed by atoms with Crippen molar-refractivity contribution < 1.29 is 33.4 Å². The van der Waals surface area contributed by atoms with Crippen LogP contribution in [-0.4, -0.2) is 69.9 Å². The van der Waals surface area contributed by atoms with E-state index in [1.165, 1.54) is 11.2 Å². The summed E-state index contributed by atoms with van der Waals surface area (Å²) in [5.74, 6) is -0.846. The van der Waals surface area contributed by atoms with Gasteiger partial charge < -0.3 is 24.5 Å². The highest BCUT2D eigenvalue weighted by atomic mass is 16.5. The summed E-state index contributed by atoms with van der Waals surface area (Å²) in [6, 6.07) is -0.722. The van der Waals surface area contributed by atoms with Crippen molar-refractivity contribution in [1.82, 2.24) is 15.2 Å². The number of esters is 1. The van der Waals surface area contributed by atoms with E-state index in [1.807, 2.05) is 27.7 Å². The first-order chi connectivity index (χ1) is 18.0. The lowest BCUT2D eigenvalue weighted by atomic mass is 9.90. The van der Waals surface area contributed by atoms with E-state index in [9.17, 15) is 24.3 Å². The van der Waals surface area contributed by atoms with E-state index in [0.29, 0.717) is 45.2 Å². The molecule has 1 saturated heterocycles. The third-order valence-electron chi connectivity index (χ3n) is 7.54. The molecule has 38 heavy (non-hydrogen) atoms. The maximum absolute atomic E-state index is 13.2. The van der Waals surface area contributed by atoms with Crippen LogP contribution in [0.2, 0.25) is 0 Å². The fourth-order valence-corrected chi connectivity index (χ4v) is 5.47. The Morgan fingerprint density at radius 1 is 1.11 bits per heavy atom. The Bertz CT molecular complexity index is 975. The summed E-state index contributed by atoms with van der Waals surface area (Å²) in [5.41, 5.74) is 0.0415. The zero-order chi connectivity index (χ0) is 27.8. The van der Waals surface area contributed by atoms with Crippen LogP contribution in [0.25, 0.3) is 0 Å². The molecule has 1 fully saturated rings. The third kappa shape index (κ3) is 8.38. The fraction of sp³-hybridized carbons (Fsp3) is 0.750. The Kier molecular flexibility index (Phi) is 10.9. The van der Waals surface area contributed by atoms with E-state index in [-0.39, 0.29) is 60.0 Å². The predicted octanol–water partition coefficient (Wildman–Crippen LogP) is 3.06. The first-order valence-corrected chi connectivity index (χ1v) is 14.0. The van der Waals surface area contributed by atoms with Crippen molar-refractivity contribution in [2.24, 2.45) is 17.8 Å². The number of nitrogens with zero attached hydrogens (tertiary/aromatic N) is 2. The number of hydrogen-bond donors (Lipinski definition) is 2. The largest absolute Gasteiger partial charge is 0.460 e. The molecule has 212 valence electrons. The summed E-state index contributed by atoms with van der Waals surface area (Å²) in [4.78, 5) is 56.9. The summed E-state index contributed by atoms with van der Waals surface area (Å²) < 4.78 is 11.3. The molecule has 0 unspecified atom stereocenters. The number of carbonyl (C=O) groups is 4. The van der Waals surface area contributed by atoms with E-state index < -0.39 is 24.0 Å². The van der Waals surface area contributed by atoms with Crippen LogP contribution >= 0.6 is 0 Å². The lowest BCUT2D eigenvalue weighted by molar-refractivity contribution is -0.159. The molecule has 10 heteroatoms. The Hall–Kier alpha value is -2.75. The number of aliphatic hydroxyl groups excluding tert-OH is 1. The number of amides is 2.